The second-order valence-corrected chi connectivity index (χ2v) is 9.22. The largest absolute Gasteiger partial charge is 0.477 e. The Kier molecular flexibility index (Phi) is 5.22. The molecule has 3 aliphatic rings. The number of aryl methyl sites for hydroxylation is 1. The van der Waals surface area contributed by atoms with E-state index in [1.165, 1.54) is 16.7 Å². The van der Waals surface area contributed by atoms with Crippen LogP contribution in [0.5, 0.6) is 0 Å². The topological polar surface area (TPSA) is 77.3 Å². The molecule has 3 fully saturated rings. The number of hydrogen-bond acceptors (Lipinski definition) is 5. The van der Waals surface area contributed by atoms with Crippen LogP contribution < -0.4 is 15.8 Å². The maximum Gasteiger partial charge on any atom is 0.341 e. The van der Waals surface area contributed by atoms with E-state index in [4.69, 9.17) is 0 Å². The number of carboxylic acids is 1. The molecule has 31 heavy (non-hydrogen) atoms. The standard InChI is InChI=1S/C23H29FN4O3/c1-14-20-17(16-2-3-16)10-18(23(30)31)22(29)28(20)13-19(24)21(14)27-7-4-15(12-27)11-26-8-5-25-6-9-26/h10,13,15-16,25H,2-9,11-12H2,1H3,(H,30,31). The van der Waals surface area contributed by atoms with Crippen molar-refractivity contribution < 1.29 is 14.3 Å². The Morgan fingerprint density at radius 1 is 1.23 bits per heavy atom. The van der Waals surface area contributed by atoms with Crippen molar-refractivity contribution in [3.05, 3.63) is 45.1 Å². The quantitative estimate of drug-likeness (QED) is 0.759. The Bertz CT molecular complexity index is 1090. The summed E-state index contributed by atoms with van der Waals surface area (Å²) in [5, 5.41) is 12.8. The van der Waals surface area contributed by atoms with Gasteiger partial charge in [-0.05, 0) is 55.2 Å². The van der Waals surface area contributed by atoms with E-state index >= 15 is 4.39 Å². The lowest BCUT2D eigenvalue weighted by atomic mass is 10.0. The van der Waals surface area contributed by atoms with Crippen LogP contribution in [-0.2, 0) is 0 Å². The fraction of sp³-hybridized carbons (Fsp3) is 0.565. The molecular formula is C23H29FN4O3. The highest BCUT2D eigenvalue weighted by Crippen LogP contribution is 2.44. The van der Waals surface area contributed by atoms with Gasteiger partial charge in [0.25, 0.3) is 5.56 Å². The fourth-order valence-corrected chi connectivity index (χ4v) is 5.33. The normalized spacial score (nSPS) is 22.4. The van der Waals surface area contributed by atoms with Gasteiger partial charge in [0.1, 0.15) is 5.56 Å². The molecule has 1 unspecified atom stereocenters. The van der Waals surface area contributed by atoms with Gasteiger partial charge in [0.15, 0.2) is 5.82 Å². The molecule has 8 heteroatoms. The van der Waals surface area contributed by atoms with Crippen LogP contribution >= 0.6 is 0 Å². The van der Waals surface area contributed by atoms with Crippen LogP contribution in [0.15, 0.2) is 17.1 Å². The zero-order valence-corrected chi connectivity index (χ0v) is 17.9. The third kappa shape index (κ3) is 3.72. The van der Waals surface area contributed by atoms with Gasteiger partial charge >= 0.3 is 5.97 Å². The first-order valence-electron chi connectivity index (χ1n) is 11.2. The molecule has 0 bridgehead atoms. The molecule has 0 spiro atoms. The van der Waals surface area contributed by atoms with E-state index in [1.807, 2.05) is 6.92 Å². The number of anilines is 1. The second-order valence-electron chi connectivity index (χ2n) is 9.22. The van der Waals surface area contributed by atoms with E-state index in [0.717, 1.165) is 76.2 Å². The molecule has 1 saturated carbocycles. The first-order valence-corrected chi connectivity index (χ1v) is 11.2. The van der Waals surface area contributed by atoms with Crippen molar-refractivity contribution in [2.24, 2.45) is 5.92 Å². The summed E-state index contributed by atoms with van der Waals surface area (Å²) in [6, 6.07) is 1.52. The minimum atomic E-state index is -1.27. The summed E-state index contributed by atoms with van der Waals surface area (Å²) in [6.07, 6.45) is 4.15. The Balaban J connectivity index is 1.51. The number of carboxylic acid groups (broad SMARTS) is 1. The molecule has 2 aromatic heterocycles. The Morgan fingerprint density at radius 3 is 2.65 bits per heavy atom. The molecule has 1 aliphatic carbocycles. The van der Waals surface area contributed by atoms with Gasteiger partial charge in [-0.2, -0.15) is 0 Å². The summed E-state index contributed by atoms with van der Waals surface area (Å²) in [7, 11) is 0. The average molecular weight is 429 g/mol. The van der Waals surface area contributed by atoms with E-state index in [-0.39, 0.29) is 11.5 Å². The number of pyridine rings is 2. The second kappa shape index (κ2) is 7.91. The van der Waals surface area contributed by atoms with Crippen LogP contribution in [-0.4, -0.2) is 66.2 Å². The molecule has 166 valence electrons. The number of nitrogens with zero attached hydrogens (tertiary/aromatic N) is 3. The number of halogens is 1. The molecule has 2 aliphatic heterocycles. The smallest absolute Gasteiger partial charge is 0.341 e. The maximum absolute atomic E-state index is 15.3. The highest BCUT2D eigenvalue weighted by molar-refractivity contribution is 5.89. The summed E-state index contributed by atoms with van der Waals surface area (Å²) < 4.78 is 16.5. The molecule has 0 aromatic carbocycles. The van der Waals surface area contributed by atoms with Gasteiger partial charge in [-0.3, -0.25) is 9.20 Å². The molecule has 7 nitrogen and oxygen atoms in total. The van der Waals surface area contributed by atoms with E-state index in [1.54, 1.807) is 0 Å². The molecule has 4 heterocycles. The third-order valence-electron chi connectivity index (χ3n) is 7.02. The number of fused-ring (bicyclic) bond motifs is 1. The number of piperazine rings is 1. The van der Waals surface area contributed by atoms with Crippen molar-refractivity contribution in [2.75, 3.05) is 50.7 Å². The van der Waals surface area contributed by atoms with Gasteiger partial charge in [-0.15, -0.1) is 0 Å². The fourth-order valence-electron chi connectivity index (χ4n) is 5.33. The van der Waals surface area contributed by atoms with Gasteiger partial charge in [-0.25, -0.2) is 9.18 Å². The monoisotopic (exact) mass is 428 g/mol. The summed E-state index contributed by atoms with van der Waals surface area (Å²) in [5.41, 5.74) is 1.87. The van der Waals surface area contributed by atoms with Gasteiger partial charge in [0.2, 0.25) is 0 Å². The highest BCUT2D eigenvalue weighted by atomic mass is 19.1. The number of nitrogens with one attached hydrogen (secondary N) is 1. The average Bonchev–Trinajstić information content (AvgIpc) is 3.49. The van der Waals surface area contributed by atoms with Crippen molar-refractivity contribution >= 4 is 17.2 Å². The van der Waals surface area contributed by atoms with Crippen LogP contribution in [0.1, 0.15) is 46.7 Å². The van der Waals surface area contributed by atoms with Gasteiger partial charge in [0.05, 0.1) is 17.4 Å². The lowest BCUT2D eigenvalue weighted by molar-refractivity contribution is 0.0694. The number of aromatic carboxylic acids is 1. The molecule has 1 atom stereocenters. The summed E-state index contributed by atoms with van der Waals surface area (Å²) in [4.78, 5) is 28.9. The SMILES string of the molecule is Cc1c(N2CCC(CN3CCNCC3)C2)c(F)cn2c(=O)c(C(=O)O)cc(C3CC3)c12. The molecule has 2 N–H and O–H groups in total. The van der Waals surface area contributed by atoms with Crippen molar-refractivity contribution in [3.63, 3.8) is 0 Å². The number of aromatic nitrogens is 1. The molecule has 5 rings (SSSR count). The van der Waals surface area contributed by atoms with E-state index < -0.39 is 17.3 Å². The van der Waals surface area contributed by atoms with Crippen molar-refractivity contribution in [3.8, 4) is 0 Å². The van der Waals surface area contributed by atoms with Gasteiger partial charge in [0, 0.05) is 45.8 Å². The highest BCUT2D eigenvalue weighted by Gasteiger charge is 2.32. The molecule has 0 radical (unpaired) electrons. The van der Waals surface area contributed by atoms with Crippen LogP contribution in [0, 0.1) is 18.7 Å². The van der Waals surface area contributed by atoms with Crippen LogP contribution in [0.25, 0.3) is 5.52 Å². The summed E-state index contributed by atoms with van der Waals surface area (Å²) >= 11 is 0. The van der Waals surface area contributed by atoms with Crippen molar-refractivity contribution in [1.82, 2.24) is 14.6 Å². The third-order valence-corrected chi connectivity index (χ3v) is 7.02. The predicted octanol–water partition coefficient (Wildman–Crippen LogP) is 2.05. The van der Waals surface area contributed by atoms with Crippen LogP contribution in [0.2, 0.25) is 0 Å². The lowest BCUT2D eigenvalue weighted by Crippen LogP contribution is -2.45. The minimum Gasteiger partial charge on any atom is -0.477 e. The molecule has 2 saturated heterocycles. The zero-order valence-electron chi connectivity index (χ0n) is 17.9. The number of hydrogen-bond donors (Lipinski definition) is 2. The molecule has 0 amide bonds. The summed E-state index contributed by atoms with van der Waals surface area (Å²) in [6.45, 7) is 8.63. The minimum absolute atomic E-state index is 0.241. The van der Waals surface area contributed by atoms with E-state index in [0.29, 0.717) is 17.1 Å². The van der Waals surface area contributed by atoms with Crippen molar-refractivity contribution in [2.45, 2.75) is 32.1 Å². The summed E-state index contributed by atoms with van der Waals surface area (Å²) in [5.74, 6) is -0.990. The van der Waals surface area contributed by atoms with E-state index in [9.17, 15) is 14.7 Å². The van der Waals surface area contributed by atoms with E-state index in [2.05, 4.69) is 15.1 Å². The Hall–Kier alpha value is -2.45. The van der Waals surface area contributed by atoms with Gasteiger partial charge in [-0.1, -0.05) is 0 Å². The first kappa shape index (κ1) is 20.5. The Labute approximate surface area is 180 Å². The molecular weight excluding hydrogens is 399 g/mol. The van der Waals surface area contributed by atoms with Gasteiger partial charge < -0.3 is 20.2 Å². The molecule has 2 aromatic rings. The van der Waals surface area contributed by atoms with Crippen LogP contribution in [0.4, 0.5) is 10.1 Å². The lowest BCUT2D eigenvalue weighted by Gasteiger charge is -2.30. The predicted molar refractivity (Wildman–Crippen MR) is 117 cm³/mol. The zero-order chi connectivity index (χ0) is 21.7. The maximum atomic E-state index is 15.3. The first-order chi connectivity index (χ1) is 14.9. The Morgan fingerprint density at radius 2 is 1.97 bits per heavy atom. The number of rotatable bonds is 5. The van der Waals surface area contributed by atoms with Crippen molar-refractivity contribution in [1.29, 1.82) is 0 Å². The number of carbonyl (C=O) groups is 1. The van der Waals surface area contributed by atoms with Crippen LogP contribution in [0.3, 0.4) is 0 Å².